The minimum absolute atomic E-state index is 0.0647. The highest BCUT2D eigenvalue weighted by atomic mass is 32.2. The van der Waals surface area contributed by atoms with Crippen molar-refractivity contribution in [3.63, 3.8) is 0 Å². The average Bonchev–Trinajstić information content (AvgIpc) is 3.46. The van der Waals surface area contributed by atoms with Crippen LogP contribution in [0, 0.1) is 18.7 Å². The van der Waals surface area contributed by atoms with Crippen LogP contribution in [0.1, 0.15) is 52.9 Å². The third kappa shape index (κ3) is 5.47. The summed E-state index contributed by atoms with van der Waals surface area (Å²) in [4.78, 5) is 25.2. The second-order valence-electron chi connectivity index (χ2n) is 8.66. The van der Waals surface area contributed by atoms with E-state index in [1.165, 1.54) is 30.7 Å². The third-order valence-corrected chi connectivity index (χ3v) is 6.44. The summed E-state index contributed by atoms with van der Waals surface area (Å²) in [6.07, 6.45) is 7.37. The van der Waals surface area contributed by atoms with Crippen molar-refractivity contribution in [2.24, 2.45) is 5.92 Å². The molecular formula is C23H29FN4O2S. The number of anilines is 1. The molecule has 1 saturated carbocycles. The molecule has 2 aliphatic rings. The zero-order valence-corrected chi connectivity index (χ0v) is 18.9. The van der Waals surface area contributed by atoms with Gasteiger partial charge in [-0.15, -0.1) is 0 Å². The highest BCUT2D eigenvalue weighted by Crippen LogP contribution is 2.34. The fourth-order valence-electron chi connectivity index (χ4n) is 4.21. The molecule has 1 aromatic heterocycles. The highest BCUT2D eigenvalue weighted by molar-refractivity contribution is 7.99. The Balaban J connectivity index is 1.50. The highest BCUT2D eigenvalue weighted by Gasteiger charge is 2.32. The molecule has 4 rings (SSSR count). The molecule has 8 heteroatoms. The average molecular weight is 445 g/mol. The molecule has 0 radical (unpaired) electrons. The van der Waals surface area contributed by atoms with E-state index in [1.807, 2.05) is 19.2 Å². The van der Waals surface area contributed by atoms with Crippen LogP contribution in [0.4, 0.5) is 10.2 Å². The summed E-state index contributed by atoms with van der Waals surface area (Å²) in [5.41, 5.74) is 3.05. The Kier molecular flexibility index (Phi) is 6.65. The molecule has 2 heterocycles. The van der Waals surface area contributed by atoms with Crippen LogP contribution in [0.3, 0.4) is 0 Å². The fourth-order valence-corrected chi connectivity index (χ4v) is 4.54. The number of hydrogen-bond donors (Lipinski definition) is 2. The number of thioether (sulfide) groups is 1. The molecule has 0 unspecified atom stereocenters. The summed E-state index contributed by atoms with van der Waals surface area (Å²) in [6, 6.07) is 4.98. The number of aromatic nitrogens is 2. The largest absolute Gasteiger partial charge is 0.349 e. The van der Waals surface area contributed by atoms with Gasteiger partial charge in [-0.3, -0.25) is 9.59 Å². The molecule has 6 nitrogen and oxygen atoms in total. The van der Waals surface area contributed by atoms with Gasteiger partial charge in [0.2, 0.25) is 5.91 Å². The van der Waals surface area contributed by atoms with E-state index in [0.717, 1.165) is 29.2 Å². The van der Waals surface area contributed by atoms with Crippen molar-refractivity contribution in [2.45, 2.75) is 58.0 Å². The van der Waals surface area contributed by atoms with Crippen LogP contribution in [0.25, 0.3) is 0 Å². The number of halogens is 1. The van der Waals surface area contributed by atoms with Crippen molar-refractivity contribution >= 4 is 29.4 Å². The van der Waals surface area contributed by atoms with Crippen LogP contribution in [0.5, 0.6) is 0 Å². The summed E-state index contributed by atoms with van der Waals surface area (Å²) >= 11 is 1.44. The Morgan fingerprint density at radius 2 is 2.13 bits per heavy atom. The van der Waals surface area contributed by atoms with Gasteiger partial charge in [0.1, 0.15) is 17.2 Å². The van der Waals surface area contributed by atoms with E-state index in [0.29, 0.717) is 42.9 Å². The van der Waals surface area contributed by atoms with E-state index in [1.54, 1.807) is 10.7 Å². The van der Waals surface area contributed by atoms with Crippen molar-refractivity contribution in [3.05, 3.63) is 46.4 Å². The van der Waals surface area contributed by atoms with Crippen LogP contribution >= 0.6 is 11.8 Å². The minimum atomic E-state index is -0.231. The number of nitrogens with one attached hydrogen (secondary N) is 2. The Hall–Kier alpha value is -2.35. The zero-order valence-electron chi connectivity index (χ0n) is 18.0. The summed E-state index contributed by atoms with van der Waals surface area (Å²) in [6.45, 7) is 2.58. The third-order valence-electron chi connectivity index (χ3n) is 5.89. The first-order chi connectivity index (χ1) is 14.9. The smallest absolute Gasteiger partial charge is 0.257 e. The van der Waals surface area contributed by atoms with Gasteiger partial charge in [-0.1, -0.05) is 18.9 Å². The maximum absolute atomic E-state index is 13.7. The van der Waals surface area contributed by atoms with Gasteiger partial charge < -0.3 is 10.6 Å². The molecule has 2 N–H and O–H groups in total. The summed E-state index contributed by atoms with van der Waals surface area (Å²) in [5.74, 6) is 1.03. The van der Waals surface area contributed by atoms with Crippen molar-refractivity contribution in [3.8, 4) is 0 Å². The number of benzene rings is 1. The lowest BCUT2D eigenvalue weighted by atomic mass is 9.95. The molecule has 0 bridgehead atoms. The fraction of sp³-hybridized carbons (Fsp3) is 0.522. The van der Waals surface area contributed by atoms with Gasteiger partial charge in [0.25, 0.3) is 5.91 Å². The van der Waals surface area contributed by atoms with Gasteiger partial charge in [-0.05, 0) is 61.6 Å². The van der Waals surface area contributed by atoms with E-state index < -0.39 is 0 Å². The lowest BCUT2D eigenvalue weighted by Gasteiger charge is -2.23. The van der Waals surface area contributed by atoms with Gasteiger partial charge in [0, 0.05) is 19.0 Å². The molecule has 1 aliphatic carbocycles. The van der Waals surface area contributed by atoms with Crippen molar-refractivity contribution in [1.82, 2.24) is 15.1 Å². The Morgan fingerprint density at radius 1 is 1.32 bits per heavy atom. The predicted molar refractivity (Wildman–Crippen MR) is 121 cm³/mol. The van der Waals surface area contributed by atoms with Crippen LogP contribution in [0.15, 0.2) is 18.2 Å². The lowest BCUT2D eigenvalue weighted by Crippen LogP contribution is -2.41. The first-order valence-electron chi connectivity index (χ1n) is 10.9. The Morgan fingerprint density at radius 3 is 2.84 bits per heavy atom. The quantitative estimate of drug-likeness (QED) is 0.618. The molecule has 0 spiro atoms. The molecule has 0 saturated heterocycles. The van der Waals surface area contributed by atoms with Gasteiger partial charge in [0.15, 0.2) is 0 Å². The number of nitrogens with zero attached hydrogens (tertiary/aromatic N) is 2. The molecule has 1 aliphatic heterocycles. The molecule has 166 valence electrons. The maximum Gasteiger partial charge on any atom is 0.257 e. The van der Waals surface area contributed by atoms with Crippen LogP contribution in [0.2, 0.25) is 0 Å². The van der Waals surface area contributed by atoms with Crippen molar-refractivity contribution in [1.29, 1.82) is 0 Å². The predicted octanol–water partition coefficient (Wildman–Crippen LogP) is 3.72. The van der Waals surface area contributed by atoms with E-state index >= 15 is 0 Å². The number of hydrogen-bond acceptors (Lipinski definition) is 4. The monoisotopic (exact) mass is 444 g/mol. The normalized spacial score (nSPS) is 17.9. The van der Waals surface area contributed by atoms with E-state index in [4.69, 9.17) is 5.10 Å². The zero-order chi connectivity index (χ0) is 22.0. The number of fused-ring (bicyclic) bond motifs is 1. The van der Waals surface area contributed by atoms with Crippen LogP contribution in [-0.2, 0) is 24.2 Å². The molecule has 1 fully saturated rings. The molecular weight excluding hydrogens is 415 g/mol. The minimum Gasteiger partial charge on any atom is -0.349 e. The summed E-state index contributed by atoms with van der Waals surface area (Å²) < 4.78 is 15.5. The van der Waals surface area contributed by atoms with Gasteiger partial charge in [-0.25, -0.2) is 9.07 Å². The SMILES string of the molecule is CSCC(=O)Nc1c2c(nn1CCC1CC1)C[C@H](CCc1cc(C)cc(F)c1)NC2=O. The summed E-state index contributed by atoms with van der Waals surface area (Å²) in [5, 5.41) is 10.7. The molecule has 31 heavy (non-hydrogen) atoms. The first kappa shape index (κ1) is 21.9. The first-order valence-corrected chi connectivity index (χ1v) is 12.3. The van der Waals surface area contributed by atoms with Gasteiger partial charge in [0.05, 0.1) is 11.4 Å². The van der Waals surface area contributed by atoms with Crippen molar-refractivity contribution < 1.29 is 14.0 Å². The van der Waals surface area contributed by atoms with Gasteiger partial charge in [-0.2, -0.15) is 16.9 Å². The lowest BCUT2D eigenvalue weighted by molar-refractivity contribution is -0.113. The standard InChI is InChI=1S/C23H29FN4O2S/c1-14-9-16(11-17(24)10-14)5-6-18-12-19-21(23(30)25-18)22(26-20(29)13-31-2)28(27-19)8-7-15-3-4-15/h9-11,15,18H,3-8,12-13H2,1-2H3,(H,25,30)(H,26,29)/t18-/m0/s1. The maximum atomic E-state index is 13.7. The van der Waals surface area contributed by atoms with E-state index in [2.05, 4.69) is 10.6 Å². The Bertz CT molecular complexity index is 966. The number of carbonyl (C=O) groups is 2. The number of amides is 2. The van der Waals surface area contributed by atoms with Crippen LogP contribution < -0.4 is 10.6 Å². The number of aryl methyl sites for hydroxylation is 3. The van der Waals surface area contributed by atoms with Crippen molar-refractivity contribution in [2.75, 3.05) is 17.3 Å². The van der Waals surface area contributed by atoms with Gasteiger partial charge >= 0.3 is 0 Å². The second-order valence-corrected chi connectivity index (χ2v) is 9.52. The number of rotatable bonds is 9. The topological polar surface area (TPSA) is 76.0 Å². The molecule has 2 aromatic rings. The van der Waals surface area contributed by atoms with E-state index in [-0.39, 0.29) is 23.7 Å². The molecule has 1 aromatic carbocycles. The van der Waals surface area contributed by atoms with Crippen LogP contribution in [-0.4, -0.2) is 39.6 Å². The summed E-state index contributed by atoms with van der Waals surface area (Å²) in [7, 11) is 0. The Labute approximate surface area is 186 Å². The molecule has 2 amide bonds. The number of carbonyl (C=O) groups excluding carboxylic acids is 2. The van der Waals surface area contributed by atoms with E-state index in [9.17, 15) is 14.0 Å². The second kappa shape index (κ2) is 9.42. The molecule has 1 atom stereocenters.